The zero-order valence-corrected chi connectivity index (χ0v) is 9.91. The van der Waals surface area contributed by atoms with Crippen molar-refractivity contribution in [2.24, 2.45) is 0 Å². The lowest BCUT2D eigenvalue weighted by Crippen LogP contribution is -2.40. The summed E-state index contributed by atoms with van der Waals surface area (Å²) >= 11 is 0. The van der Waals surface area contributed by atoms with E-state index in [0.717, 1.165) is 12.0 Å². The van der Waals surface area contributed by atoms with Crippen LogP contribution in [-0.4, -0.2) is 31.0 Å². The first-order valence-electron chi connectivity index (χ1n) is 5.75. The van der Waals surface area contributed by atoms with E-state index in [1.165, 1.54) is 13.2 Å². The molecule has 1 aliphatic rings. The Balaban J connectivity index is 2.10. The predicted octanol–water partition coefficient (Wildman–Crippen LogP) is 1.92. The predicted molar refractivity (Wildman–Crippen MR) is 61.7 cm³/mol. The number of methoxy groups -OCH3 is 1. The topological polar surface area (TPSA) is 38.7 Å². The van der Waals surface area contributed by atoms with Crippen LogP contribution < -0.4 is 4.74 Å². The number of rotatable bonds is 3. The van der Waals surface area contributed by atoms with Crippen LogP contribution in [0.3, 0.4) is 0 Å². The lowest BCUT2D eigenvalue weighted by molar-refractivity contribution is -0.0845. The first-order chi connectivity index (χ1) is 8.13. The summed E-state index contributed by atoms with van der Waals surface area (Å²) in [6.07, 6.45) is 1.95. The van der Waals surface area contributed by atoms with Crippen molar-refractivity contribution in [3.8, 4) is 5.75 Å². The van der Waals surface area contributed by atoms with Gasteiger partial charge in [0.2, 0.25) is 0 Å². The second kappa shape index (κ2) is 5.02. The van der Waals surface area contributed by atoms with Gasteiger partial charge < -0.3 is 14.6 Å². The molecule has 0 aromatic heterocycles. The number of hydrogen-bond acceptors (Lipinski definition) is 3. The normalized spacial score (nSPS) is 24.6. The summed E-state index contributed by atoms with van der Waals surface area (Å²) in [6.45, 7) is 1.01. The summed E-state index contributed by atoms with van der Waals surface area (Å²) in [4.78, 5) is 0. The molecule has 3 nitrogen and oxygen atoms in total. The van der Waals surface area contributed by atoms with Crippen molar-refractivity contribution < 1.29 is 19.0 Å². The summed E-state index contributed by atoms with van der Waals surface area (Å²) < 4.78 is 23.6. The molecule has 0 spiro atoms. The van der Waals surface area contributed by atoms with Gasteiger partial charge in [0.1, 0.15) is 0 Å². The minimum Gasteiger partial charge on any atom is -0.494 e. The molecule has 1 heterocycles. The van der Waals surface area contributed by atoms with Gasteiger partial charge in [0.15, 0.2) is 11.6 Å². The first kappa shape index (κ1) is 12.3. The number of benzene rings is 1. The van der Waals surface area contributed by atoms with Crippen molar-refractivity contribution in [3.05, 3.63) is 29.6 Å². The number of halogens is 1. The van der Waals surface area contributed by atoms with E-state index in [0.29, 0.717) is 26.1 Å². The fourth-order valence-corrected chi connectivity index (χ4v) is 2.18. The van der Waals surface area contributed by atoms with Crippen LogP contribution in [0.25, 0.3) is 0 Å². The van der Waals surface area contributed by atoms with Gasteiger partial charge >= 0.3 is 0 Å². The molecule has 1 atom stereocenters. The monoisotopic (exact) mass is 240 g/mol. The molecule has 1 aliphatic heterocycles. The molecule has 1 saturated heterocycles. The fourth-order valence-electron chi connectivity index (χ4n) is 2.18. The third-order valence-corrected chi connectivity index (χ3v) is 3.05. The highest BCUT2D eigenvalue weighted by molar-refractivity contribution is 5.30. The molecule has 0 bridgehead atoms. The third-order valence-electron chi connectivity index (χ3n) is 3.05. The van der Waals surface area contributed by atoms with Crippen molar-refractivity contribution in [1.82, 2.24) is 0 Å². The van der Waals surface area contributed by atoms with Crippen LogP contribution in [0, 0.1) is 5.82 Å². The standard InChI is InChI=1S/C13H17FO3/c1-16-12-4-3-10(7-11(12)14)8-13(15)5-2-6-17-9-13/h3-4,7,15H,2,5-6,8-9H2,1H3. The highest BCUT2D eigenvalue weighted by atomic mass is 19.1. The highest BCUT2D eigenvalue weighted by Crippen LogP contribution is 2.26. The number of aliphatic hydroxyl groups is 1. The van der Waals surface area contributed by atoms with Crippen LogP contribution >= 0.6 is 0 Å². The SMILES string of the molecule is COc1ccc(CC2(O)CCCOC2)cc1F. The summed E-state index contributed by atoms with van der Waals surface area (Å²) in [5.41, 5.74) is -0.101. The van der Waals surface area contributed by atoms with Crippen LogP contribution in [-0.2, 0) is 11.2 Å². The summed E-state index contributed by atoms with van der Waals surface area (Å²) in [7, 11) is 1.43. The van der Waals surface area contributed by atoms with Crippen molar-refractivity contribution in [2.75, 3.05) is 20.3 Å². The smallest absolute Gasteiger partial charge is 0.165 e. The van der Waals surface area contributed by atoms with Crippen molar-refractivity contribution in [1.29, 1.82) is 0 Å². The highest BCUT2D eigenvalue weighted by Gasteiger charge is 2.30. The maximum absolute atomic E-state index is 13.5. The molecule has 1 aromatic carbocycles. The van der Waals surface area contributed by atoms with Crippen LogP contribution in [0.4, 0.5) is 4.39 Å². The molecular weight excluding hydrogens is 223 g/mol. The van der Waals surface area contributed by atoms with Gasteiger partial charge in [-0.2, -0.15) is 0 Å². The van der Waals surface area contributed by atoms with Crippen molar-refractivity contribution >= 4 is 0 Å². The van der Waals surface area contributed by atoms with E-state index in [-0.39, 0.29) is 5.75 Å². The fraction of sp³-hybridized carbons (Fsp3) is 0.538. The van der Waals surface area contributed by atoms with Crippen molar-refractivity contribution in [3.63, 3.8) is 0 Å². The minimum absolute atomic E-state index is 0.223. The molecular formula is C13H17FO3. The molecule has 1 aromatic rings. The van der Waals surface area contributed by atoms with Crippen LogP contribution in [0.5, 0.6) is 5.75 Å². The molecule has 2 rings (SSSR count). The third kappa shape index (κ3) is 2.96. The lowest BCUT2D eigenvalue weighted by Gasteiger charge is -2.32. The van der Waals surface area contributed by atoms with E-state index < -0.39 is 11.4 Å². The Labute approximate surface area is 100 Å². The zero-order chi connectivity index (χ0) is 12.3. The Bertz CT molecular complexity index is 386. The molecule has 1 unspecified atom stereocenters. The second-order valence-electron chi connectivity index (χ2n) is 4.53. The summed E-state index contributed by atoms with van der Waals surface area (Å²) in [6, 6.07) is 4.76. The molecule has 17 heavy (non-hydrogen) atoms. The molecule has 0 radical (unpaired) electrons. The number of hydrogen-bond donors (Lipinski definition) is 1. The van der Waals surface area contributed by atoms with E-state index in [1.807, 2.05) is 0 Å². The van der Waals surface area contributed by atoms with Gasteiger partial charge in [-0.3, -0.25) is 0 Å². The quantitative estimate of drug-likeness (QED) is 0.877. The zero-order valence-electron chi connectivity index (χ0n) is 9.91. The lowest BCUT2D eigenvalue weighted by atomic mass is 9.89. The van der Waals surface area contributed by atoms with Gasteiger partial charge in [-0.15, -0.1) is 0 Å². The average molecular weight is 240 g/mol. The van der Waals surface area contributed by atoms with Gasteiger partial charge in [0.05, 0.1) is 19.3 Å². The maximum atomic E-state index is 13.5. The van der Waals surface area contributed by atoms with Gasteiger partial charge in [0.25, 0.3) is 0 Å². The second-order valence-corrected chi connectivity index (χ2v) is 4.53. The molecule has 94 valence electrons. The largest absolute Gasteiger partial charge is 0.494 e. The molecule has 0 aliphatic carbocycles. The van der Waals surface area contributed by atoms with Gasteiger partial charge in [0, 0.05) is 13.0 Å². The van der Waals surface area contributed by atoms with Crippen LogP contribution in [0.2, 0.25) is 0 Å². The van der Waals surface area contributed by atoms with E-state index in [1.54, 1.807) is 12.1 Å². The summed E-state index contributed by atoms with van der Waals surface area (Å²) in [5.74, 6) is -0.175. The van der Waals surface area contributed by atoms with Crippen LogP contribution in [0.1, 0.15) is 18.4 Å². The Kier molecular flexibility index (Phi) is 3.64. The minimum atomic E-state index is -0.862. The Morgan fingerprint density at radius 1 is 1.53 bits per heavy atom. The van der Waals surface area contributed by atoms with Crippen LogP contribution in [0.15, 0.2) is 18.2 Å². The molecule has 1 fully saturated rings. The van der Waals surface area contributed by atoms with E-state index in [4.69, 9.17) is 9.47 Å². The summed E-state index contributed by atoms with van der Waals surface area (Å²) in [5, 5.41) is 10.3. The van der Waals surface area contributed by atoms with Gasteiger partial charge in [-0.25, -0.2) is 4.39 Å². The average Bonchev–Trinajstić information content (AvgIpc) is 2.29. The van der Waals surface area contributed by atoms with E-state index >= 15 is 0 Å². The van der Waals surface area contributed by atoms with E-state index in [2.05, 4.69) is 0 Å². The van der Waals surface area contributed by atoms with Gasteiger partial charge in [-0.05, 0) is 30.5 Å². The Morgan fingerprint density at radius 3 is 2.94 bits per heavy atom. The Morgan fingerprint density at radius 2 is 2.35 bits per heavy atom. The maximum Gasteiger partial charge on any atom is 0.165 e. The molecule has 0 amide bonds. The first-order valence-corrected chi connectivity index (χ1v) is 5.75. The van der Waals surface area contributed by atoms with Gasteiger partial charge in [-0.1, -0.05) is 6.07 Å². The van der Waals surface area contributed by atoms with Crippen molar-refractivity contribution in [2.45, 2.75) is 24.9 Å². The Hall–Kier alpha value is -1.13. The molecule has 0 saturated carbocycles. The molecule has 4 heteroatoms. The number of ether oxygens (including phenoxy) is 2. The van der Waals surface area contributed by atoms with E-state index in [9.17, 15) is 9.50 Å². The molecule has 1 N–H and O–H groups in total.